The van der Waals surface area contributed by atoms with Gasteiger partial charge in [-0.05, 0) is 38.0 Å². The zero-order valence-corrected chi connectivity index (χ0v) is 9.15. The Morgan fingerprint density at radius 1 is 1.60 bits per heavy atom. The highest BCUT2D eigenvalue weighted by molar-refractivity contribution is 5.42. The van der Waals surface area contributed by atoms with E-state index in [4.69, 9.17) is 9.52 Å². The first-order chi connectivity index (χ1) is 7.33. The van der Waals surface area contributed by atoms with E-state index in [9.17, 15) is 0 Å². The van der Waals surface area contributed by atoms with E-state index in [1.54, 1.807) is 6.26 Å². The molecule has 0 aliphatic carbocycles. The number of hydrogen-bond acceptors (Lipinski definition) is 3. The first kappa shape index (κ1) is 12.0. The molecule has 0 fully saturated rings. The summed E-state index contributed by atoms with van der Waals surface area (Å²) in [5.41, 5.74) is 0. The highest BCUT2D eigenvalue weighted by Gasteiger charge is 1.97. The van der Waals surface area contributed by atoms with Crippen molar-refractivity contribution in [3.8, 4) is 0 Å². The third kappa shape index (κ3) is 5.40. The van der Waals surface area contributed by atoms with Gasteiger partial charge in [-0.15, -0.1) is 0 Å². The summed E-state index contributed by atoms with van der Waals surface area (Å²) in [6.07, 6.45) is 7.51. The normalized spacial score (nSPS) is 13.5. The van der Waals surface area contributed by atoms with Gasteiger partial charge in [-0.25, -0.2) is 0 Å². The summed E-state index contributed by atoms with van der Waals surface area (Å²) in [4.78, 5) is 0. The molecule has 1 aromatic heterocycles. The second kappa shape index (κ2) is 7.26. The quantitative estimate of drug-likeness (QED) is 0.722. The SMILES string of the molecule is CC(CCCO)NC/C=C/c1ccco1. The van der Waals surface area contributed by atoms with Crippen LogP contribution in [0.4, 0.5) is 0 Å². The lowest BCUT2D eigenvalue weighted by Gasteiger charge is -2.10. The van der Waals surface area contributed by atoms with E-state index in [0.29, 0.717) is 6.04 Å². The summed E-state index contributed by atoms with van der Waals surface area (Å²) in [6.45, 7) is 3.22. The third-order valence-corrected chi connectivity index (χ3v) is 2.20. The summed E-state index contributed by atoms with van der Waals surface area (Å²) in [7, 11) is 0. The molecule has 0 spiro atoms. The van der Waals surface area contributed by atoms with Crippen LogP contribution in [0.5, 0.6) is 0 Å². The van der Waals surface area contributed by atoms with Gasteiger partial charge in [0.2, 0.25) is 0 Å². The smallest absolute Gasteiger partial charge is 0.126 e. The van der Waals surface area contributed by atoms with Crippen molar-refractivity contribution in [2.75, 3.05) is 13.2 Å². The van der Waals surface area contributed by atoms with E-state index in [2.05, 4.69) is 12.2 Å². The van der Waals surface area contributed by atoms with Crippen molar-refractivity contribution in [2.45, 2.75) is 25.8 Å². The summed E-state index contributed by atoms with van der Waals surface area (Å²) in [5, 5.41) is 12.0. The van der Waals surface area contributed by atoms with Crippen molar-refractivity contribution in [3.63, 3.8) is 0 Å². The van der Waals surface area contributed by atoms with Gasteiger partial charge < -0.3 is 14.8 Å². The summed E-state index contributed by atoms with van der Waals surface area (Å²) < 4.78 is 5.16. The lowest BCUT2D eigenvalue weighted by molar-refractivity contribution is 0.277. The van der Waals surface area contributed by atoms with Crippen molar-refractivity contribution in [3.05, 3.63) is 30.2 Å². The van der Waals surface area contributed by atoms with Crippen molar-refractivity contribution in [1.29, 1.82) is 0 Å². The Labute approximate surface area is 90.8 Å². The van der Waals surface area contributed by atoms with Crippen molar-refractivity contribution >= 4 is 6.08 Å². The largest absolute Gasteiger partial charge is 0.465 e. The molecule has 0 aliphatic heterocycles. The molecule has 0 saturated heterocycles. The molecule has 0 aliphatic rings. The minimum Gasteiger partial charge on any atom is -0.465 e. The lowest BCUT2D eigenvalue weighted by atomic mass is 10.2. The predicted molar refractivity (Wildman–Crippen MR) is 61.5 cm³/mol. The molecule has 2 N–H and O–H groups in total. The fourth-order valence-electron chi connectivity index (χ4n) is 1.33. The third-order valence-electron chi connectivity index (χ3n) is 2.20. The first-order valence-corrected chi connectivity index (χ1v) is 5.37. The van der Waals surface area contributed by atoms with E-state index < -0.39 is 0 Å². The maximum Gasteiger partial charge on any atom is 0.126 e. The average Bonchev–Trinajstić information content (AvgIpc) is 2.74. The molecule has 15 heavy (non-hydrogen) atoms. The highest BCUT2D eigenvalue weighted by atomic mass is 16.3. The Balaban J connectivity index is 2.10. The Morgan fingerprint density at radius 2 is 2.47 bits per heavy atom. The summed E-state index contributed by atoms with van der Waals surface area (Å²) in [5.74, 6) is 0.875. The standard InChI is InChI=1S/C12H19NO2/c1-11(5-3-9-14)13-8-2-6-12-7-4-10-15-12/h2,4,6-7,10-11,13-14H,3,5,8-9H2,1H3/b6-2+. The molecule has 1 atom stereocenters. The van der Waals surface area contributed by atoms with E-state index in [0.717, 1.165) is 25.1 Å². The Hall–Kier alpha value is -1.06. The molecule has 84 valence electrons. The Bertz CT molecular complexity index is 267. The number of aliphatic hydroxyl groups excluding tert-OH is 1. The average molecular weight is 209 g/mol. The van der Waals surface area contributed by atoms with Gasteiger partial charge in [-0.1, -0.05) is 6.08 Å². The lowest BCUT2D eigenvalue weighted by Crippen LogP contribution is -2.26. The Kier molecular flexibility index (Phi) is 5.81. The maximum absolute atomic E-state index is 8.66. The molecular weight excluding hydrogens is 190 g/mol. The van der Waals surface area contributed by atoms with Gasteiger partial charge in [-0.3, -0.25) is 0 Å². The molecule has 0 aromatic carbocycles. The molecule has 0 amide bonds. The van der Waals surface area contributed by atoms with Gasteiger partial charge in [0, 0.05) is 19.2 Å². The van der Waals surface area contributed by atoms with Gasteiger partial charge in [0.25, 0.3) is 0 Å². The van der Waals surface area contributed by atoms with Crippen molar-refractivity contribution in [1.82, 2.24) is 5.32 Å². The van der Waals surface area contributed by atoms with E-state index >= 15 is 0 Å². The zero-order valence-electron chi connectivity index (χ0n) is 9.15. The Morgan fingerprint density at radius 3 is 3.13 bits per heavy atom. The molecule has 3 heteroatoms. The monoisotopic (exact) mass is 209 g/mol. The van der Waals surface area contributed by atoms with Gasteiger partial charge in [0.05, 0.1) is 6.26 Å². The minimum atomic E-state index is 0.272. The second-order valence-electron chi connectivity index (χ2n) is 3.59. The van der Waals surface area contributed by atoms with Gasteiger partial charge in [0.1, 0.15) is 5.76 Å². The van der Waals surface area contributed by atoms with Crippen LogP contribution in [0.15, 0.2) is 28.9 Å². The van der Waals surface area contributed by atoms with E-state index in [-0.39, 0.29) is 6.61 Å². The first-order valence-electron chi connectivity index (χ1n) is 5.37. The number of furan rings is 1. The van der Waals surface area contributed by atoms with Crippen molar-refractivity contribution < 1.29 is 9.52 Å². The van der Waals surface area contributed by atoms with Crippen LogP contribution in [0, 0.1) is 0 Å². The van der Waals surface area contributed by atoms with Crippen molar-refractivity contribution in [2.24, 2.45) is 0 Å². The fourth-order valence-corrected chi connectivity index (χ4v) is 1.33. The molecule has 1 rings (SSSR count). The van der Waals surface area contributed by atoms with Crippen LogP contribution < -0.4 is 5.32 Å². The molecule has 0 radical (unpaired) electrons. The van der Waals surface area contributed by atoms with E-state index in [1.165, 1.54) is 0 Å². The van der Waals surface area contributed by atoms with Gasteiger partial charge in [0.15, 0.2) is 0 Å². The second-order valence-corrected chi connectivity index (χ2v) is 3.59. The molecular formula is C12H19NO2. The number of aliphatic hydroxyl groups is 1. The number of hydrogen-bond donors (Lipinski definition) is 2. The summed E-state index contributed by atoms with van der Waals surface area (Å²) >= 11 is 0. The highest BCUT2D eigenvalue weighted by Crippen LogP contribution is 2.01. The van der Waals surface area contributed by atoms with Crippen LogP contribution in [0.2, 0.25) is 0 Å². The molecule has 0 saturated carbocycles. The van der Waals surface area contributed by atoms with Crippen LogP contribution >= 0.6 is 0 Å². The van der Waals surface area contributed by atoms with Gasteiger partial charge in [-0.2, -0.15) is 0 Å². The zero-order chi connectivity index (χ0) is 10.9. The van der Waals surface area contributed by atoms with Crippen LogP contribution in [-0.2, 0) is 0 Å². The summed E-state index contributed by atoms with van der Waals surface area (Å²) in [6, 6.07) is 4.24. The van der Waals surface area contributed by atoms with Crippen LogP contribution in [0.25, 0.3) is 6.08 Å². The minimum absolute atomic E-state index is 0.272. The molecule has 1 heterocycles. The maximum atomic E-state index is 8.66. The molecule has 1 unspecified atom stereocenters. The number of nitrogens with one attached hydrogen (secondary N) is 1. The van der Waals surface area contributed by atoms with Crippen LogP contribution in [-0.4, -0.2) is 24.3 Å². The fraction of sp³-hybridized carbons (Fsp3) is 0.500. The van der Waals surface area contributed by atoms with Crippen LogP contribution in [0.3, 0.4) is 0 Å². The predicted octanol–water partition coefficient (Wildman–Crippen LogP) is 2.04. The topological polar surface area (TPSA) is 45.4 Å². The molecule has 0 bridgehead atoms. The van der Waals surface area contributed by atoms with Gasteiger partial charge >= 0.3 is 0 Å². The van der Waals surface area contributed by atoms with Crippen LogP contribution in [0.1, 0.15) is 25.5 Å². The molecule has 3 nitrogen and oxygen atoms in total. The molecule has 1 aromatic rings. The number of rotatable bonds is 7. The van der Waals surface area contributed by atoms with E-state index in [1.807, 2.05) is 24.3 Å².